The highest BCUT2D eigenvalue weighted by Gasteiger charge is 2.17. The van der Waals surface area contributed by atoms with Gasteiger partial charge in [0.05, 0.1) is 5.56 Å². The summed E-state index contributed by atoms with van der Waals surface area (Å²) in [6.45, 7) is 4.28. The third kappa shape index (κ3) is 2.63. The van der Waals surface area contributed by atoms with Crippen LogP contribution in [0.1, 0.15) is 25.8 Å². The zero-order chi connectivity index (χ0) is 13.1. The average Bonchev–Trinajstić information content (AvgIpc) is 2.82. The van der Waals surface area contributed by atoms with E-state index in [0.717, 1.165) is 0 Å². The molecule has 96 valence electrons. The maximum atomic E-state index is 9.72. The first-order chi connectivity index (χ1) is 8.61. The number of phenolic OH excluding ortho intramolecular Hbond substituents is 1. The molecule has 0 saturated carbocycles. The summed E-state index contributed by atoms with van der Waals surface area (Å²) in [6, 6.07) is 4.63. The number of phenols is 1. The van der Waals surface area contributed by atoms with Gasteiger partial charge in [-0.1, -0.05) is 16.8 Å². The van der Waals surface area contributed by atoms with Gasteiger partial charge < -0.3 is 14.4 Å². The molecule has 2 rings (SSSR count). The summed E-state index contributed by atoms with van der Waals surface area (Å²) in [5.74, 6) is 0.696. The molecule has 0 amide bonds. The molecule has 0 saturated heterocycles. The summed E-state index contributed by atoms with van der Waals surface area (Å²) in [5, 5.41) is 14.0. The van der Waals surface area contributed by atoms with Crippen molar-refractivity contribution in [1.82, 2.24) is 10.1 Å². The largest absolute Gasteiger partial charge is 0.507 e. The Balaban J connectivity index is 2.32. The second-order valence-corrected chi connectivity index (χ2v) is 4.15. The van der Waals surface area contributed by atoms with Crippen LogP contribution in [0.4, 0.5) is 0 Å². The normalized spacial score (nSPS) is 12.6. The van der Waals surface area contributed by atoms with E-state index in [-0.39, 0.29) is 17.7 Å². The quantitative estimate of drug-likeness (QED) is 0.922. The molecular weight excluding hydrogens is 256 g/mol. The van der Waals surface area contributed by atoms with Crippen molar-refractivity contribution in [2.75, 3.05) is 6.61 Å². The van der Waals surface area contributed by atoms with Crippen LogP contribution >= 0.6 is 11.6 Å². The van der Waals surface area contributed by atoms with Gasteiger partial charge in [0.2, 0.25) is 5.82 Å². The van der Waals surface area contributed by atoms with Crippen molar-refractivity contribution < 1.29 is 14.4 Å². The standard InChI is InChI=1S/C12H13ClN2O3/c1-3-17-7(2)11-14-12(18-15-11)9-6-8(13)4-5-10(9)16/h4-7,16H,3H2,1-2H3. The van der Waals surface area contributed by atoms with Gasteiger partial charge >= 0.3 is 0 Å². The van der Waals surface area contributed by atoms with Crippen molar-refractivity contribution in [3.63, 3.8) is 0 Å². The number of hydrogen-bond acceptors (Lipinski definition) is 5. The van der Waals surface area contributed by atoms with Crippen LogP contribution in [0.5, 0.6) is 5.75 Å². The first-order valence-corrected chi connectivity index (χ1v) is 5.93. The predicted octanol–water partition coefficient (Wildman–Crippen LogP) is 3.19. The van der Waals surface area contributed by atoms with E-state index in [2.05, 4.69) is 10.1 Å². The lowest BCUT2D eigenvalue weighted by Gasteiger charge is -2.04. The summed E-state index contributed by atoms with van der Waals surface area (Å²) >= 11 is 5.86. The highest BCUT2D eigenvalue weighted by atomic mass is 35.5. The van der Waals surface area contributed by atoms with Gasteiger partial charge in [0.1, 0.15) is 11.9 Å². The zero-order valence-corrected chi connectivity index (χ0v) is 10.8. The minimum atomic E-state index is -0.256. The van der Waals surface area contributed by atoms with Crippen molar-refractivity contribution in [3.8, 4) is 17.2 Å². The molecule has 1 N–H and O–H groups in total. The van der Waals surface area contributed by atoms with Crippen LogP contribution in [0, 0.1) is 0 Å². The van der Waals surface area contributed by atoms with Crippen LogP contribution in [-0.4, -0.2) is 21.9 Å². The van der Waals surface area contributed by atoms with Crippen molar-refractivity contribution >= 4 is 11.6 Å². The number of rotatable bonds is 4. The molecule has 0 aliphatic rings. The predicted molar refractivity (Wildman–Crippen MR) is 66.4 cm³/mol. The van der Waals surface area contributed by atoms with Gasteiger partial charge in [-0.25, -0.2) is 0 Å². The van der Waals surface area contributed by atoms with Crippen molar-refractivity contribution in [3.05, 3.63) is 29.0 Å². The molecule has 6 heteroatoms. The Bertz CT molecular complexity index is 542. The molecule has 0 bridgehead atoms. The number of hydrogen-bond donors (Lipinski definition) is 1. The molecule has 1 aromatic heterocycles. The van der Waals surface area contributed by atoms with Gasteiger partial charge in [-0.3, -0.25) is 0 Å². The van der Waals surface area contributed by atoms with Crippen LogP contribution in [0.25, 0.3) is 11.5 Å². The highest BCUT2D eigenvalue weighted by Crippen LogP contribution is 2.31. The lowest BCUT2D eigenvalue weighted by atomic mass is 10.2. The van der Waals surface area contributed by atoms with E-state index < -0.39 is 0 Å². The SMILES string of the molecule is CCOC(C)c1noc(-c2cc(Cl)ccc2O)n1. The van der Waals surface area contributed by atoms with Gasteiger partial charge in [-0.15, -0.1) is 0 Å². The summed E-state index contributed by atoms with van der Waals surface area (Å²) in [7, 11) is 0. The van der Waals surface area contributed by atoms with Crippen LogP contribution in [0.15, 0.2) is 22.7 Å². The number of aromatic nitrogens is 2. The Labute approximate surface area is 109 Å². The maximum Gasteiger partial charge on any atom is 0.261 e. The summed E-state index contributed by atoms with van der Waals surface area (Å²) in [6.07, 6.45) is -0.256. The monoisotopic (exact) mass is 268 g/mol. The third-order valence-corrected chi connectivity index (χ3v) is 2.65. The Morgan fingerprint density at radius 2 is 2.28 bits per heavy atom. The molecular formula is C12H13ClN2O3. The van der Waals surface area contributed by atoms with Gasteiger partial charge in [0, 0.05) is 11.6 Å². The summed E-state index contributed by atoms with van der Waals surface area (Å²) in [4.78, 5) is 4.18. The maximum absolute atomic E-state index is 9.72. The molecule has 2 aromatic rings. The molecule has 0 spiro atoms. The van der Waals surface area contributed by atoms with E-state index >= 15 is 0 Å². The summed E-state index contributed by atoms with van der Waals surface area (Å²) < 4.78 is 10.5. The second kappa shape index (κ2) is 5.37. The molecule has 1 atom stereocenters. The number of ether oxygens (including phenoxy) is 1. The number of halogens is 1. The molecule has 1 aromatic carbocycles. The van der Waals surface area contributed by atoms with Crippen molar-refractivity contribution in [1.29, 1.82) is 0 Å². The van der Waals surface area contributed by atoms with E-state index in [4.69, 9.17) is 20.9 Å². The van der Waals surface area contributed by atoms with E-state index in [9.17, 15) is 5.11 Å². The minimum absolute atomic E-state index is 0.0404. The van der Waals surface area contributed by atoms with Crippen LogP contribution in [-0.2, 0) is 4.74 Å². The molecule has 0 fully saturated rings. The topological polar surface area (TPSA) is 68.4 Å². The van der Waals surface area contributed by atoms with Crippen molar-refractivity contribution in [2.24, 2.45) is 0 Å². The van der Waals surface area contributed by atoms with Crippen LogP contribution in [0.3, 0.4) is 0 Å². The summed E-state index contributed by atoms with van der Waals surface area (Å²) in [5.41, 5.74) is 0.407. The first-order valence-electron chi connectivity index (χ1n) is 5.56. The number of benzene rings is 1. The second-order valence-electron chi connectivity index (χ2n) is 3.72. The van der Waals surface area contributed by atoms with E-state index in [1.54, 1.807) is 12.1 Å². The van der Waals surface area contributed by atoms with Crippen LogP contribution < -0.4 is 0 Å². The molecule has 5 nitrogen and oxygen atoms in total. The smallest absolute Gasteiger partial charge is 0.261 e. The van der Waals surface area contributed by atoms with E-state index in [0.29, 0.717) is 23.0 Å². The zero-order valence-electron chi connectivity index (χ0n) is 10.1. The average molecular weight is 269 g/mol. The van der Waals surface area contributed by atoms with E-state index in [1.165, 1.54) is 6.07 Å². The van der Waals surface area contributed by atoms with Crippen molar-refractivity contribution in [2.45, 2.75) is 20.0 Å². The minimum Gasteiger partial charge on any atom is -0.507 e. The fourth-order valence-corrected chi connectivity index (χ4v) is 1.69. The molecule has 1 heterocycles. The Morgan fingerprint density at radius 3 is 3.00 bits per heavy atom. The molecule has 18 heavy (non-hydrogen) atoms. The number of nitrogens with zero attached hydrogens (tertiary/aromatic N) is 2. The molecule has 0 aliphatic carbocycles. The third-order valence-electron chi connectivity index (χ3n) is 2.41. The Hall–Kier alpha value is -1.59. The molecule has 1 unspecified atom stereocenters. The van der Waals surface area contributed by atoms with Gasteiger partial charge in [0.15, 0.2) is 0 Å². The van der Waals surface area contributed by atoms with Gasteiger partial charge in [-0.05, 0) is 32.0 Å². The Morgan fingerprint density at radius 1 is 1.50 bits per heavy atom. The van der Waals surface area contributed by atoms with E-state index in [1.807, 2.05) is 13.8 Å². The molecule has 0 radical (unpaired) electrons. The van der Waals surface area contributed by atoms with Crippen LogP contribution in [0.2, 0.25) is 5.02 Å². The molecule has 0 aliphatic heterocycles. The van der Waals surface area contributed by atoms with Gasteiger partial charge in [0.25, 0.3) is 5.89 Å². The lowest BCUT2D eigenvalue weighted by Crippen LogP contribution is -2.01. The fraction of sp³-hybridized carbons (Fsp3) is 0.333. The highest BCUT2D eigenvalue weighted by molar-refractivity contribution is 6.30. The first kappa shape index (κ1) is 12.9. The number of aromatic hydroxyl groups is 1. The lowest BCUT2D eigenvalue weighted by molar-refractivity contribution is 0.0683. The van der Waals surface area contributed by atoms with Gasteiger partial charge in [-0.2, -0.15) is 4.98 Å². The fourth-order valence-electron chi connectivity index (χ4n) is 1.51. The Kier molecular flexibility index (Phi) is 3.84.